The Balaban J connectivity index is 1.86. The fraction of sp³-hybridized carbons (Fsp3) is 0.500. The molecule has 0 bridgehead atoms. The molecule has 0 aliphatic carbocycles. The second-order valence-electron chi connectivity index (χ2n) is 5.25. The summed E-state index contributed by atoms with van der Waals surface area (Å²) in [6.07, 6.45) is -6.70. The number of urea groups is 1. The minimum Gasteiger partial charge on any atom is -0.383 e. The van der Waals surface area contributed by atoms with E-state index >= 15 is 0 Å². The van der Waals surface area contributed by atoms with Crippen LogP contribution in [0.4, 0.5) is 23.7 Å². The number of halogens is 4. The summed E-state index contributed by atoms with van der Waals surface area (Å²) in [5.41, 5.74) is 0.562. The van der Waals surface area contributed by atoms with E-state index in [-0.39, 0.29) is 32.0 Å². The van der Waals surface area contributed by atoms with Gasteiger partial charge in [0.25, 0.3) is 0 Å². The standard InChI is InChI=1S/C14H16ClF3N2O2/c15-10-1-3-11(4-2-10)19-13(22)20-7-5-9(6-8-20)12(21)14(16,17)18/h1-4,9,12,21H,5-8H2,(H,19,22)/t12-/m1/s1. The first-order valence-corrected chi connectivity index (χ1v) is 7.21. The highest BCUT2D eigenvalue weighted by Crippen LogP contribution is 2.31. The first kappa shape index (κ1) is 16.9. The van der Waals surface area contributed by atoms with Gasteiger partial charge < -0.3 is 15.3 Å². The quantitative estimate of drug-likeness (QED) is 0.868. The number of anilines is 1. The highest BCUT2D eigenvalue weighted by molar-refractivity contribution is 6.30. The van der Waals surface area contributed by atoms with Crippen molar-refractivity contribution in [1.82, 2.24) is 4.90 Å². The molecule has 8 heteroatoms. The van der Waals surface area contributed by atoms with Crippen molar-refractivity contribution in [3.63, 3.8) is 0 Å². The van der Waals surface area contributed by atoms with Gasteiger partial charge in [0.05, 0.1) is 0 Å². The lowest BCUT2D eigenvalue weighted by molar-refractivity contribution is -0.222. The molecule has 0 aromatic heterocycles. The van der Waals surface area contributed by atoms with E-state index in [1.807, 2.05) is 0 Å². The van der Waals surface area contributed by atoms with Crippen LogP contribution in [0.15, 0.2) is 24.3 Å². The van der Waals surface area contributed by atoms with E-state index in [1.54, 1.807) is 24.3 Å². The average Bonchev–Trinajstić information content (AvgIpc) is 2.48. The summed E-state index contributed by atoms with van der Waals surface area (Å²) in [4.78, 5) is 13.5. The second-order valence-corrected chi connectivity index (χ2v) is 5.68. The summed E-state index contributed by atoms with van der Waals surface area (Å²) >= 11 is 5.74. The molecule has 1 heterocycles. The summed E-state index contributed by atoms with van der Waals surface area (Å²) < 4.78 is 37.4. The number of nitrogens with one attached hydrogen (secondary N) is 1. The first-order chi connectivity index (χ1) is 10.3. The number of hydrogen-bond donors (Lipinski definition) is 2. The molecule has 0 saturated carbocycles. The predicted octanol–water partition coefficient (Wildman–Crippen LogP) is 3.51. The van der Waals surface area contributed by atoms with Gasteiger partial charge in [-0.3, -0.25) is 0 Å². The number of amides is 2. The fourth-order valence-corrected chi connectivity index (χ4v) is 2.55. The average molecular weight is 337 g/mol. The Morgan fingerprint density at radius 3 is 2.32 bits per heavy atom. The third-order valence-electron chi connectivity index (χ3n) is 3.70. The Kier molecular flexibility index (Phi) is 5.18. The number of piperidine rings is 1. The van der Waals surface area contributed by atoms with Gasteiger partial charge in [0, 0.05) is 23.8 Å². The molecule has 1 aliphatic rings. The number of likely N-dealkylation sites (tertiary alicyclic amines) is 1. The summed E-state index contributed by atoms with van der Waals surface area (Å²) in [6, 6.07) is 6.16. The third kappa shape index (κ3) is 4.27. The molecular weight excluding hydrogens is 321 g/mol. The predicted molar refractivity (Wildman–Crippen MR) is 76.8 cm³/mol. The van der Waals surface area contributed by atoms with Crippen LogP contribution in [0, 0.1) is 5.92 Å². The Hall–Kier alpha value is -1.47. The van der Waals surface area contributed by atoms with Crippen LogP contribution in [0.25, 0.3) is 0 Å². The van der Waals surface area contributed by atoms with Gasteiger partial charge >= 0.3 is 12.2 Å². The molecule has 1 fully saturated rings. The van der Waals surface area contributed by atoms with Gasteiger partial charge in [-0.05, 0) is 43.0 Å². The zero-order valence-electron chi connectivity index (χ0n) is 11.6. The van der Waals surface area contributed by atoms with Crippen LogP contribution >= 0.6 is 11.6 Å². The molecule has 122 valence electrons. The van der Waals surface area contributed by atoms with Crippen molar-refractivity contribution < 1.29 is 23.1 Å². The molecular formula is C14H16ClF3N2O2. The zero-order valence-corrected chi connectivity index (χ0v) is 12.4. The van der Waals surface area contributed by atoms with Crippen LogP contribution in [0.2, 0.25) is 5.02 Å². The number of hydrogen-bond acceptors (Lipinski definition) is 2. The van der Waals surface area contributed by atoms with E-state index in [1.165, 1.54) is 4.90 Å². The minimum atomic E-state index is -4.61. The van der Waals surface area contributed by atoms with Crippen molar-refractivity contribution in [3.8, 4) is 0 Å². The van der Waals surface area contributed by atoms with Gasteiger partial charge in [0.15, 0.2) is 6.10 Å². The Bertz CT molecular complexity index is 514. The zero-order chi connectivity index (χ0) is 16.3. The van der Waals surface area contributed by atoms with Gasteiger partial charge in [0.2, 0.25) is 0 Å². The smallest absolute Gasteiger partial charge is 0.383 e. The van der Waals surface area contributed by atoms with Crippen LogP contribution < -0.4 is 5.32 Å². The van der Waals surface area contributed by atoms with E-state index in [9.17, 15) is 23.1 Å². The van der Waals surface area contributed by atoms with E-state index in [0.717, 1.165) is 0 Å². The molecule has 1 aromatic carbocycles. The van der Waals surface area contributed by atoms with Gasteiger partial charge in [-0.15, -0.1) is 0 Å². The van der Waals surface area contributed by atoms with E-state index in [2.05, 4.69) is 5.32 Å². The van der Waals surface area contributed by atoms with E-state index < -0.39 is 18.2 Å². The Labute approximate surface area is 130 Å². The number of alkyl halides is 3. The van der Waals surface area contributed by atoms with E-state index in [0.29, 0.717) is 10.7 Å². The summed E-state index contributed by atoms with van der Waals surface area (Å²) in [7, 11) is 0. The van der Waals surface area contributed by atoms with Crippen molar-refractivity contribution in [2.75, 3.05) is 18.4 Å². The largest absolute Gasteiger partial charge is 0.414 e. The Morgan fingerprint density at radius 2 is 1.82 bits per heavy atom. The SMILES string of the molecule is O=C(Nc1ccc(Cl)cc1)N1CCC([C@@H](O)C(F)(F)F)CC1. The van der Waals surface area contributed by atoms with Crippen molar-refractivity contribution >= 4 is 23.3 Å². The van der Waals surface area contributed by atoms with Crippen LogP contribution in [0.1, 0.15) is 12.8 Å². The highest BCUT2D eigenvalue weighted by Gasteiger charge is 2.44. The second kappa shape index (κ2) is 6.75. The van der Waals surface area contributed by atoms with Gasteiger partial charge in [-0.2, -0.15) is 13.2 Å². The van der Waals surface area contributed by atoms with Crippen molar-refractivity contribution in [3.05, 3.63) is 29.3 Å². The normalized spacial score (nSPS) is 18.1. The number of aliphatic hydroxyl groups excluding tert-OH is 1. The summed E-state index contributed by atoms with van der Waals surface area (Å²) in [6.45, 7) is 0.356. The lowest BCUT2D eigenvalue weighted by Crippen LogP contribution is -2.46. The number of benzene rings is 1. The number of rotatable bonds is 2. The van der Waals surface area contributed by atoms with Crippen LogP contribution in [-0.2, 0) is 0 Å². The summed E-state index contributed by atoms with van der Waals surface area (Å²) in [5.74, 6) is -0.861. The molecule has 0 spiro atoms. The number of aliphatic hydroxyl groups is 1. The maximum absolute atomic E-state index is 12.5. The molecule has 1 saturated heterocycles. The van der Waals surface area contributed by atoms with Gasteiger partial charge in [-0.25, -0.2) is 4.79 Å². The van der Waals surface area contributed by atoms with E-state index in [4.69, 9.17) is 11.6 Å². The topological polar surface area (TPSA) is 52.6 Å². The molecule has 22 heavy (non-hydrogen) atoms. The van der Waals surface area contributed by atoms with Crippen molar-refractivity contribution in [1.29, 1.82) is 0 Å². The van der Waals surface area contributed by atoms with Gasteiger partial charge in [0.1, 0.15) is 0 Å². The molecule has 1 aliphatic heterocycles. The van der Waals surface area contributed by atoms with Crippen LogP contribution in [0.5, 0.6) is 0 Å². The molecule has 0 unspecified atom stereocenters. The molecule has 1 aromatic rings. The molecule has 2 N–H and O–H groups in total. The lowest BCUT2D eigenvalue weighted by Gasteiger charge is -2.34. The lowest BCUT2D eigenvalue weighted by atomic mass is 9.91. The number of carbonyl (C=O) groups excluding carboxylic acids is 1. The number of carbonyl (C=O) groups is 1. The molecule has 1 atom stereocenters. The summed E-state index contributed by atoms with van der Waals surface area (Å²) in [5, 5.41) is 12.4. The van der Waals surface area contributed by atoms with Crippen molar-refractivity contribution in [2.24, 2.45) is 5.92 Å². The number of nitrogens with zero attached hydrogens (tertiary/aromatic N) is 1. The van der Waals surface area contributed by atoms with Crippen LogP contribution in [-0.4, -0.2) is 41.4 Å². The maximum Gasteiger partial charge on any atom is 0.414 e. The molecule has 4 nitrogen and oxygen atoms in total. The molecule has 2 amide bonds. The third-order valence-corrected chi connectivity index (χ3v) is 3.96. The molecule has 2 rings (SSSR count). The minimum absolute atomic E-state index is 0.120. The maximum atomic E-state index is 12.5. The molecule has 0 radical (unpaired) electrons. The Morgan fingerprint density at radius 1 is 1.27 bits per heavy atom. The monoisotopic (exact) mass is 336 g/mol. The van der Waals surface area contributed by atoms with Gasteiger partial charge in [-0.1, -0.05) is 11.6 Å². The van der Waals surface area contributed by atoms with Crippen LogP contribution in [0.3, 0.4) is 0 Å². The first-order valence-electron chi connectivity index (χ1n) is 6.83. The highest BCUT2D eigenvalue weighted by atomic mass is 35.5. The fourth-order valence-electron chi connectivity index (χ4n) is 2.42. The van der Waals surface area contributed by atoms with Crippen molar-refractivity contribution in [2.45, 2.75) is 25.1 Å².